The highest BCUT2D eigenvalue weighted by atomic mass is 16.5. The molecule has 3 aromatic heterocycles. The molecule has 0 fully saturated rings. The molecular formula is C21H17N5O4. The summed E-state index contributed by atoms with van der Waals surface area (Å²) in [6.07, 6.45) is 6.09. The SMILES string of the molecule is COc1cc2c(NC(=O)c3ccncc3)nn(C(=O)c3ccncc3)c2cc1OC. The van der Waals surface area contributed by atoms with Gasteiger partial charge in [-0.2, -0.15) is 4.68 Å². The van der Waals surface area contributed by atoms with Crippen LogP contribution < -0.4 is 14.8 Å². The predicted molar refractivity (Wildman–Crippen MR) is 109 cm³/mol. The van der Waals surface area contributed by atoms with Crippen LogP contribution in [0.2, 0.25) is 0 Å². The maximum Gasteiger partial charge on any atom is 0.278 e. The second kappa shape index (κ2) is 8.00. The van der Waals surface area contributed by atoms with Crippen LogP contribution >= 0.6 is 0 Å². The molecule has 0 aliphatic rings. The van der Waals surface area contributed by atoms with Crippen LogP contribution in [0.5, 0.6) is 11.5 Å². The summed E-state index contributed by atoms with van der Waals surface area (Å²) in [5, 5.41) is 7.65. The first kappa shape index (κ1) is 19.1. The number of ether oxygens (including phenoxy) is 2. The number of hydrogen-bond acceptors (Lipinski definition) is 7. The van der Waals surface area contributed by atoms with E-state index < -0.39 is 0 Å². The molecule has 4 aromatic rings. The number of anilines is 1. The normalized spacial score (nSPS) is 10.6. The molecule has 9 nitrogen and oxygen atoms in total. The number of fused-ring (bicyclic) bond motifs is 1. The maximum atomic E-state index is 13.1. The van der Waals surface area contributed by atoms with Gasteiger partial charge in [-0.25, -0.2) is 0 Å². The minimum absolute atomic E-state index is 0.218. The van der Waals surface area contributed by atoms with Gasteiger partial charge in [0.15, 0.2) is 17.3 Å². The standard InChI is InChI=1S/C21H17N5O4/c1-29-17-11-15-16(12-18(17)30-2)26(21(28)14-5-9-23-10-6-14)25-19(15)24-20(27)13-3-7-22-8-4-13/h3-12H,1-2H3,(H,24,25,27). The van der Waals surface area contributed by atoms with Crippen LogP contribution in [0, 0.1) is 0 Å². The minimum atomic E-state index is -0.380. The number of carbonyl (C=O) groups is 2. The van der Waals surface area contributed by atoms with Gasteiger partial charge in [0, 0.05) is 47.4 Å². The lowest BCUT2D eigenvalue weighted by Crippen LogP contribution is -2.16. The number of methoxy groups -OCH3 is 2. The minimum Gasteiger partial charge on any atom is -0.493 e. The largest absolute Gasteiger partial charge is 0.493 e. The van der Waals surface area contributed by atoms with Crippen molar-refractivity contribution in [3.8, 4) is 11.5 Å². The molecule has 3 heterocycles. The smallest absolute Gasteiger partial charge is 0.278 e. The Morgan fingerprint density at radius 2 is 1.43 bits per heavy atom. The van der Waals surface area contributed by atoms with Crippen molar-refractivity contribution >= 4 is 28.5 Å². The fourth-order valence-electron chi connectivity index (χ4n) is 2.99. The molecule has 0 unspecified atom stereocenters. The first-order chi connectivity index (χ1) is 14.6. The summed E-state index contributed by atoms with van der Waals surface area (Å²) in [4.78, 5) is 33.5. The summed E-state index contributed by atoms with van der Waals surface area (Å²) in [7, 11) is 3.01. The van der Waals surface area contributed by atoms with E-state index in [1.807, 2.05) is 0 Å². The molecule has 0 saturated heterocycles. The van der Waals surface area contributed by atoms with E-state index in [1.54, 1.807) is 36.4 Å². The highest BCUT2D eigenvalue weighted by Gasteiger charge is 2.21. The Hall–Kier alpha value is -4.27. The summed E-state index contributed by atoms with van der Waals surface area (Å²) in [5.41, 5.74) is 1.27. The molecule has 0 spiro atoms. The van der Waals surface area contributed by atoms with E-state index in [0.717, 1.165) is 0 Å². The zero-order chi connectivity index (χ0) is 21.1. The van der Waals surface area contributed by atoms with Gasteiger partial charge in [0.1, 0.15) is 0 Å². The Morgan fingerprint density at radius 3 is 2.03 bits per heavy atom. The third-order valence-corrected chi connectivity index (χ3v) is 4.48. The van der Waals surface area contributed by atoms with Crippen molar-refractivity contribution in [2.24, 2.45) is 0 Å². The molecule has 1 aromatic carbocycles. The molecule has 4 rings (SSSR count). The number of hydrogen-bond donors (Lipinski definition) is 1. The maximum absolute atomic E-state index is 13.1. The highest BCUT2D eigenvalue weighted by Crippen LogP contribution is 2.35. The van der Waals surface area contributed by atoms with E-state index >= 15 is 0 Å². The van der Waals surface area contributed by atoms with E-state index in [4.69, 9.17) is 9.47 Å². The molecule has 1 N–H and O–H groups in total. The van der Waals surface area contributed by atoms with Crippen LogP contribution in [0.15, 0.2) is 61.2 Å². The van der Waals surface area contributed by atoms with Crippen molar-refractivity contribution in [2.45, 2.75) is 0 Å². The van der Waals surface area contributed by atoms with E-state index in [1.165, 1.54) is 43.7 Å². The highest BCUT2D eigenvalue weighted by molar-refractivity contribution is 6.10. The van der Waals surface area contributed by atoms with Gasteiger partial charge in [0.05, 0.1) is 19.7 Å². The number of aromatic nitrogens is 4. The Balaban J connectivity index is 1.85. The van der Waals surface area contributed by atoms with E-state index in [2.05, 4.69) is 20.4 Å². The van der Waals surface area contributed by atoms with E-state index in [0.29, 0.717) is 33.5 Å². The third-order valence-electron chi connectivity index (χ3n) is 4.48. The molecular weight excluding hydrogens is 386 g/mol. The van der Waals surface area contributed by atoms with Gasteiger partial charge in [0.2, 0.25) is 0 Å². The van der Waals surface area contributed by atoms with Crippen molar-refractivity contribution in [2.75, 3.05) is 19.5 Å². The van der Waals surface area contributed by atoms with Gasteiger partial charge in [-0.1, -0.05) is 0 Å². The summed E-state index contributed by atoms with van der Waals surface area (Å²) in [6, 6.07) is 9.65. The van der Waals surface area contributed by atoms with Crippen molar-refractivity contribution in [3.05, 3.63) is 72.3 Å². The second-order valence-electron chi connectivity index (χ2n) is 6.22. The third kappa shape index (κ3) is 3.44. The topological polar surface area (TPSA) is 108 Å². The van der Waals surface area contributed by atoms with Crippen molar-refractivity contribution in [1.29, 1.82) is 0 Å². The second-order valence-corrected chi connectivity index (χ2v) is 6.22. The lowest BCUT2D eigenvalue weighted by atomic mass is 10.2. The first-order valence-corrected chi connectivity index (χ1v) is 8.93. The van der Waals surface area contributed by atoms with Gasteiger partial charge >= 0.3 is 0 Å². The monoisotopic (exact) mass is 403 g/mol. The molecule has 0 aliphatic heterocycles. The van der Waals surface area contributed by atoms with Crippen LogP contribution in [0.4, 0.5) is 5.82 Å². The van der Waals surface area contributed by atoms with Gasteiger partial charge in [-0.15, -0.1) is 5.10 Å². The van der Waals surface area contributed by atoms with Crippen molar-refractivity contribution < 1.29 is 19.1 Å². The number of nitrogens with one attached hydrogen (secondary N) is 1. The summed E-state index contributed by atoms with van der Waals surface area (Å²) < 4.78 is 11.9. The molecule has 1 amide bonds. The molecule has 0 saturated carbocycles. The molecule has 0 aliphatic carbocycles. The van der Waals surface area contributed by atoms with Crippen molar-refractivity contribution in [1.82, 2.24) is 19.7 Å². The predicted octanol–water partition coefficient (Wildman–Crippen LogP) is 2.78. The van der Waals surface area contributed by atoms with Gasteiger partial charge < -0.3 is 14.8 Å². The van der Waals surface area contributed by atoms with E-state index in [9.17, 15) is 9.59 Å². The zero-order valence-corrected chi connectivity index (χ0v) is 16.2. The van der Waals surface area contributed by atoms with Crippen molar-refractivity contribution in [3.63, 3.8) is 0 Å². The first-order valence-electron chi connectivity index (χ1n) is 8.93. The number of amides is 1. The van der Waals surface area contributed by atoms with E-state index in [-0.39, 0.29) is 17.6 Å². The number of carbonyl (C=O) groups excluding carboxylic acids is 2. The summed E-state index contributed by atoms with van der Waals surface area (Å²) >= 11 is 0. The lowest BCUT2D eigenvalue weighted by molar-refractivity contribution is 0.0948. The van der Waals surface area contributed by atoms with Crippen LogP contribution in [-0.4, -0.2) is 45.8 Å². The Bertz CT molecular complexity index is 1220. The quantitative estimate of drug-likeness (QED) is 0.546. The Labute approximate surface area is 171 Å². The average molecular weight is 403 g/mol. The number of pyridine rings is 2. The Kier molecular flexibility index (Phi) is 5.08. The van der Waals surface area contributed by atoms with Gasteiger partial charge in [-0.3, -0.25) is 19.6 Å². The number of nitrogens with zero attached hydrogens (tertiary/aromatic N) is 4. The number of rotatable bonds is 5. The van der Waals surface area contributed by atoms with Crippen LogP contribution in [0.25, 0.3) is 10.9 Å². The zero-order valence-electron chi connectivity index (χ0n) is 16.2. The molecule has 0 bridgehead atoms. The lowest BCUT2D eigenvalue weighted by Gasteiger charge is -2.08. The molecule has 150 valence electrons. The number of benzene rings is 1. The molecule has 9 heteroatoms. The van der Waals surface area contributed by atoms with Crippen LogP contribution in [0.1, 0.15) is 20.7 Å². The molecule has 0 atom stereocenters. The van der Waals surface area contributed by atoms with Gasteiger partial charge in [-0.05, 0) is 30.3 Å². The molecule has 0 radical (unpaired) electrons. The van der Waals surface area contributed by atoms with Crippen LogP contribution in [-0.2, 0) is 0 Å². The fraction of sp³-hybridized carbons (Fsp3) is 0.0952. The summed E-state index contributed by atoms with van der Waals surface area (Å²) in [5.74, 6) is 0.338. The fourth-order valence-corrected chi connectivity index (χ4v) is 2.99. The summed E-state index contributed by atoms with van der Waals surface area (Å²) in [6.45, 7) is 0. The average Bonchev–Trinajstić information content (AvgIpc) is 3.15. The Morgan fingerprint density at radius 1 is 0.867 bits per heavy atom. The van der Waals surface area contributed by atoms with Gasteiger partial charge in [0.25, 0.3) is 11.8 Å². The van der Waals surface area contributed by atoms with Crippen LogP contribution in [0.3, 0.4) is 0 Å². The molecule has 30 heavy (non-hydrogen) atoms.